The summed E-state index contributed by atoms with van der Waals surface area (Å²) in [7, 11) is 7.01. The van der Waals surface area contributed by atoms with Crippen LogP contribution in [0, 0.1) is 5.92 Å². The van der Waals surface area contributed by atoms with E-state index >= 15 is 0 Å². The molecule has 1 saturated carbocycles. The van der Waals surface area contributed by atoms with Crippen LogP contribution in [0.4, 0.5) is 0 Å². The van der Waals surface area contributed by atoms with E-state index in [1.165, 1.54) is 0 Å². The number of aryl methyl sites for hydroxylation is 2. The Kier molecular flexibility index (Phi) is 5.00. The summed E-state index contributed by atoms with van der Waals surface area (Å²) in [5, 5.41) is 7.40. The molecular formula is C21H25N5O3. The van der Waals surface area contributed by atoms with Crippen molar-refractivity contribution >= 4 is 5.91 Å². The Morgan fingerprint density at radius 3 is 2.48 bits per heavy atom. The number of carbonyl (C=O) groups is 1. The molecule has 3 aromatic rings. The van der Waals surface area contributed by atoms with Gasteiger partial charge in [0, 0.05) is 44.7 Å². The van der Waals surface area contributed by atoms with E-state index in [0.717, 1.165) is 23.4 Å². The van der Waals surface area contributed by atoms with Gasteiger partial charge in [-0.1, -0.05) is 0 Å². The van der Waals surface area contributed by atoms with Gasteiger partial charge in [0.25, 0.3) is 0 Å². The zero-order valence-electron chi connectivity index (χ0n) is 17.0. The number of rotatable bonds is 7. The topological polar surface area (TPSA) is 83.2 Å². The molecule has 29 heavy (non-hydrogen) atoms. The van der Waals surface area contributed by atoms with Gasteiger partial charge in [0.1, 0.15) is 23.4 Å². The second-order valence-corrected chi connectivity index (χ2v) is 7.38. The van der Waals surface area contributed by atoms with Gasteiger partial charge < -0.3 is 19.4 Å². The van der Waals surface area contributed by atoms with Crippen molar-refractivity contribution in [3.05, 3.63) is 59.9 Å². The zero-order valence-corrected chi connectivity index (χ0v) is 17.0. The number of nitrogens with one attached hydrogen (secondary N) is 1. The summed E-state index contributed by atoms with van der Waals surface area (Å²) in [6, 6.07) is 5.18. The van der Waals surface area contributed by atoms with Gasteiger partial charge >= 0.3 is 0 Å². The average molecular weight is 395 g/mol. The first-order chi connectivity index (χ1) is 14.0. The monoisotopic (exact) mass is 395 g/mol. The molecule has 0 spiro atoms. The highest BCUT2D eigenvalue weighted by Gasteiger charge is 2.45. The molecule has 3 unspecified atom stereocenters. The van der Waals surface area contributed by atoms with Crippen LogP contribution >= 0.6 is 0 Å². The van der Waals surface area contributed by atoms with Crippen molar-refractivity contribution in [2.45, 2.75) is 18.4 Å². The van der Waals surface area contributed by atoms with Crippen LogP contribution < -0.4 is 14.8 Å². The summed E-state index contributed by atoms with van der Waals surface area (Å²) in [6.45, 7) is 0. The van der Waals surface area contributed by atoms with Crippen molar-refractivity contribution in [2.24, 2.45) is 20.0 Å². The Morgan fingerprint density at radius 1 is 1.21 bits per heavy atom. The van der Waals surface area contributed by atoms with E-state index < -0.39 is 6.04 Å². The van der Waals surface area contributed by atoms with E-state index in [9.17, 15) is 4.79 Å². The lowest BCUT2D eigenvalue weighted by molar-refractivity contribution is -0.123. The summed E-state index contributed by atoms with van der Waals surface area (Å²) in [4.78, 5) is 17.5. The van der Waals surface area contributed by atoms with E-state index in [-0.39, 0.29) is 17.7 Å². The van der Waals surface area contributed by atoms with Crippen molar-refractivity contribution in [3.8, 4) is 11.5 Å². The van der Waals surface area contributed by atoms with E-state index in [0.29, 0.717) is 11.5 Å². The van der Waals surface area contributed by atoms with E-state index in [2.05, 4.69) is 15.4 Å². The molecule has 0 bridgehead atoms. The maximum atomic E-state index is 13.1. The summed E-state index contributed by atoms with van der Waals surface area (Å²) in [5.41, 5.74) is 1.95. The zero-order chi connectivity index (χ0) is 20.5. The van der Waals surface area contributed by atoms with Crippen LogP contribution in [0.5, 0.6) is 11.5 Å². The van der Waals surface area contributed by atoms with Crippen molar-refractivity contribution in [1.82, 2.24) is 24.6 Å². The normalized spacial score (nSPS) is 18.9. The van der Waals surface area contributed by atoms with Gasteiger partial charge in [0.05, 0.1) is 20.4 Å². The lowest BCUT2D eigenvalue weighted by Crippen LogP contribution is -2.32. The number of hydrogen-bond acceptors (Lipinski definition) is 5. The maximum Gasteiger partial charge on any atom is 0.224 e. The number of hydrogen-bond donors (Lipinski definition) is 1. The first-order valence-electron chi connectivity index (χ1n) is 9.49. The number of aromatic nitrogens is 4. The van der Waals surface area contributed by atoms with Crippen molar-refractivity contribution in [1.29, 1.82) is 0 Å². The second-order valence-electron chi connectivity index (χ2n) is 7.38. The predicted octanol–water partition coefficient (Wildman–Crippen LogP) is 2.18. The highest BCUT2D eigenvalue weighted by atomic mass is 16.5. The fourth-order valence-electron chi connectivity index (χ4n) is 3.68. The summed E-state index contributed by atoms with van der Waals surface area (Å²) in [6.07, 6.45) is 8.22. The van der Waals surface area contributed by atoms with Crippen LogP contribution in [0.2, 0.25) is 0 Å². The number of nitrogens with zero attached hydrogens (tertiary/aromatic N) is 4. The highest BCUT2D eigenvalue weighted by molar-refractivity contribution is 5.83. The Labute approximate surface area is 169 Å². The van der Waals surface area contributed by atoms with Gasteiger partial charge in [0.15, 0.2) is 0 Å². The molecule has 4 rings (SSSR count). The van der Waals surface area contributed by atoms with Gasteiger partial charge in [-0.15, -0.1) is 0 Å². The Morgan fingerprint density at radius 2 is 1.93 bits per heavy atom. The summed E-state index contributed by atoms with van der Waals surface area (Å²) >= 11 is 0. The predicted molar refractivity (Wildman–Crippen MR) is 107 cm³/mol. The molecule has 3 atom stereocenters. The van der Waals surface area contributed by atoms with Crippen molar-refractivity contribution in [3.63, 3.8) is 0 Å². The molecule has 0 radical (unpaired) electrons. The molecule has 0 saturated heterocycles. The Balaban J connectivity index is 1.61. The van der Waals surface area contributed by atoms with E-state index in [4.69, 9.17) is 9.47 Å². The largest absolute Gasteiger partial charge is 0.497 e. The standard InChI is InChI=1S/C21H25N5O3/c1-25-6-5-22-20(25)19(13-7-15(28-3)9-16(8-13)29-4)24-21(27)18-10-17(18)14-11-23-26(2)12-14/h5-9,11-12,17-19H,10H2,1-4H3,(H,24,27). The third kappa shape index (κ3) is 3.83. The van der Waals surface area contributed by atoms with E-state index in [1.807, 2.05) is 49.4 Å². The summed E-state index contributed by atoms with van der Waals surface area (Å²) < 4.78 is 14.5. The maximum absolute atomic E-state index is 13.1. The molecule has 1 amide bonds. The molecule has 2 heterocycles. The molecule has 1 aliphatic carbocycles. The fourth-order valence-corrected chi connectivity index (χ4v) is 3.68. The minimum atomic E-state index is -0.415. The minimum absolute atomic E-state index is 0.00800. The number of benzene rings is 1. The quantitative estimate of drug-likeness (QED) is 0.663. The number of methoxy groups -OCH3 is 2. The lowest BCUT2D eigenvalue weighted by atomic mass is 10.0. The highest BCUT2D eigenvalue weighted by Crippen LogP contribution is 2.47. The molecule has 1 fully saturated rings. The number of amides is 1. The Bertz CT molecular complexity index is 1000. The fraction of sp³-hybridized carbons (Fsp3) is 0.381. The van der Waals surface area contributed by atoms with E-state index in [1.54, 1.807) is 31.2 Å². The number of carbonyl (C=O) groups excluding carboxylic acids is 1. The molecule has 2 aromatic heterocycles. The van der Waals surface area contributed by atoms with Crippen LogP contribution in [0.3, 0.4) is 0 Å². The molecule has 1 aliphatic rings. The van der Waals surface area contributed by atoms with Crippen LogP contribution in [0.15, 0.2) is 43.0 Å². The van der Waals surface area contributed by atoms with Gasteiger partial charge in [0.2, 0.25) is 5.91 Å². The molecule has 1 aromatic carbocycles. The molecule has 1 N–H and O–H groups in total. The van der Waals surface area contributed by atoms with Crippen LogP contribution in [-0.4, -0.2) is 39.5 Å². The van der Waals surface area contributed by atoms with Gasteiger partial charge in [-0.3, -0.25) is 9.48 Å². The third-order valence-electron chi connectivity index (χ3n) is 5.39. The average Bonchev–Trinajstić information content (AvgIpc) is 3.24. The lowest BCUT2D eigenvalue weighted by Gasteiger charge is -2.20. The molecule has 8 nitrogen and oxygen atoms in total. The molecule has 152 valence electrons. The minimum Gasteiger partial charge on any atom is -0.497 e. The van der Waals surface area contributed by atoms with Gasteiger partial charge in [-0.05, 0) is 35.6 Å². The Hall–Kier alpha value is -3.29. The molecule has 0 aliphatic heterocycles. The van der Waals surface area contributed by atoms with Gasteiger partial charge in [-0.25, -0.2) is 4.98 Å². The van der Waals surface area contributed by atoms with Crippen LogP contribution in [0.25, 0.3) is 0 Å². The number of ether oxygens (including phenoxy) is 2. The smallest absolute Gasteiger partial charge is 0.224 e. The number of imidazole rings is 1. The molecular weight excluding hydrogens is 370 g/mol. The third-order valence-corrected chi connectivity index (χ3v) is 5.39. The van der Waals surface area contributed by atoms with Crippen molar-refractivity contribution in [2.75, 3.05) is 14.2 Å². The van der Waals surface area contributed by atoms with Crippen LogP contribution in [0.1, 0.15) is 35.3 Å². The second kappa shape index (κ2) is 7.62. The first kappa shape index (κ1) is 19.0. The van der Waals surface area contributed by atoms with Gasteiger partial charge in [-0.2, -0.15) is 5.10 Å². The van der Waals surface area contributed by atoms with Crippen LogP contribution in [-0.2, 0) is 18.9 Å². The van der Waals surface area contributed by atoms with Crippen molar-refractivity contribution < 1.29 is 14.3 Å². The summed E-state index contributed by atoms with van der Waals surface area (Å²) in [5.74, 6) is 2.22. The molecule has 8 heteroatoms. The SMILES string of the molecule is COc1cc(OC)cc(C(NC(=O)C2CC2c2cnn(C)c2)c2nccn2C)c1. The first-order valence-corrected chi connectivity index (χ1v) is 9.49.